The van der Waals surface area contributed by atoms with Crippen LogP contribution in [0.2, 0.25) is 0 Å². The predicted octanol–water partition coefficient (Wildman–Crippen LogP) is 2.96. The van der Waals surface area contributed by atoms with Crippen LogP contribution in [0.25, 0.3) is 0 Å². The topological polar surface area (TPSA) is 135 Å². The summed E-state index contributed by atoms with van der Waals surface area (Å²) >= 11 is 0. The summed E-state index contributed by atoms with van der Waals surface area (Å²) in [4.78, 5) is 43.0. The van der Waals surface area contributed by atoms with Crippen molar-refractivity contribution in [1.82, 2.24) is 9.80 Å². The van der Waals surface area contributed by atoms with Crippen molar-refractivity contribution in [3.05, 3.63) is 0 Å². The predicted molar refractivity (Wildman–Crippen MR) is 158 cm³/mol. The minimum atomic E-state index is -1.51. The van der Waals surface area contributed by atoms with E-state index in [9.17, 15) is 24.6 Å². The fourth-order valence-corrected chi connectivity index (χ4v) is 6.59. The lowest BCUT2D eigenvalue weighted by molar-refractivity contribution is -0.295. The van der Waals surface area contributed by atoms with Gasteiger partial charge in [-0.25, -0.2) is 0 Å². The van der Waals surface area contributed by atoms with Gasteiger partial charge < -0.3 is 34.1 Å². The first-order valence-corrected chi connectivity index (χ1v) is 15.4. The van der Waals surface area contributed by atoms with Gasteiger partial charge >= 0.3 is 11.9 Å². The van der Waals surface area contributed by atoms with Crippen LogP contribution in [0.4, 0.5) is 0 Å². The first-order valence-electron chi connectivity index (χ1n) is 15.4. The van der Waals surface area contributed by atoms with Gasteiger partial charge in [-0.2, -0.15) is 0 Å². The average molecular weight is 601 g/mol. The van der Waals surface area contributed by atoms with Crippen molar-refractivity contribution in [2.75, 3.05) is 40.9 Å². The molecule has 0 saturated carbocycles. The summed E-state index contributed by atoms with van der Waals surface area (Å²) in [7, 11) is 5.38. The molecule has 2 saturated heterocycles. The van der Waals surface area contributed by atoms with Crippen LogP contribution in [0.3, 0.4) is 0 Å². The van der Waals surface area contributed by atoms with Gasteiger partial charge in [0.05, 0.1) is 17.8 Å². The third kappa shape index (κ3) is 8.95. The fourth-order valence-electron chi connectivity index (χ4n) is 6.59. The highest BCUT2D eigenvalue weighted by atomic mass is 16.7. The summed E-state index contributed by atoms with van der Waals surface area (Å²) in [5.74, 6) is -2.73. The van der Waals surface area contributed by atoms with Gasteiger partial charge in [0.2, 0.25) is 0 Å². The summed E-state index contributed by atoms with van der Waals surface area (Å²) in [6, 6.07) is -0.517. The van der Waals surface area contributed by atoms with Crippen molar-refractivity contribution in [1.29, 1.82) is 0 Å². The molecule has 2 rings (SSSR count). The number of methoxy groups -OCH3 is 1. The van der Waals surface area contributed by atoms with Gasteiger partial charge in [0.25, 0.3) is 0 Å². The van der Waals surface area contributed by atoms with E-state index in [2.05, 4.69) is 18.7 Å². The van der Waals surface area contributed by atoms with Gasteiger partial charge in [-0.15, -0.1) is 0 Å². The van der Waals surface area contributed by atoms with Gasteiger partial charge in [0.15, 0.2) is 12.1 Å². The Kier molecular flexibility index (Phi) is 13.4. The molecule has 2 aliphatic heterocycles. The molecule has 0 aromatic carbocycles. The summed E-state index contributed by atoms with van der Waals surface area (Å²) in [6.07, 6.45) is -0.794. The molecule has 0 aliphatic carbocycles. The number of cyclic esters (lactones) is 1. The number of aliphatic hydroxyl groups excluding tert-OH is 1. The van der Waals surface area contributed by atoms with Crippen molar-refractivity contribution in [2.24, 2.45) is 17.3 Å². The van der Waals surface area contributed by atoms with Gasteiger partial charge in [-0.1, -0.05) is 20.8 Å². The van der Waals surface area contributed by atoms with Crippen LogP contribution in [0.5, 0.6) is 0 Å². The maximum atomic E-state index is 14.1. The maximum Gasteiger partial charge on any atom is 0.319 e. The highest BCUT2D eigenvalue weighted by molar-refractivity contribution is 6.04. The number of carboxylic acid groups (broad SMARTS) is 1. The number of nitrogens with zero attached hydrogens (tertiary/aromatic N) is 2. The number of esters is 1. The van der Waals surface area contributed by atoms with Crippen LogP contribution in [-0.4, -0.2) is 121 Å². The number of aliphatic carboxylic acids is 1. The Morgan fingerprint density at radius 2 is 1.81 bits per heavy atom. The molecule has 11 heteroatoms. The van der Waals surface area contributed by atoms with Crippen molar-refractivity contribution < 1.29 is 43.5 Å². The van der Waals surface area contributed by atoms with Crippen molar-refractivity contribution in [2.45, 2.75) is 123 Å². The van der Waals surface area contributed by atoms with Crippen LogP contribution in [0.1, 0.15) is 80.6 Å². The van der Waals surface area contributed by atoms with Gasteiger partial charge in [0, 0.05) is 38.1 Å². The van der Waals surface area contributed by atoms with Crippen molar-refractivity contribution in [3.8, 4) is 0 Å². The zero-order chi connectivity index (χ0) is 32.0. The van der Waals surface area contributed by atoms with Crippen LogP contribution < -0.4 is 0 Å². The number of carboxylic acids is 1. The molecule has 2 aliphatic rings. The molecule has 2 heterocycles. The SMILES string of the molecule is CCCN1C[C@H](C)C[C@@](C)(OC)[C@H](O[C@H]2O[C@H](C)C[C@@H](N(C)C)[C@H]2O)[C@@H](C)C(=O)C(C)(C)C(=O)OC[C@H]1CCC(=O)O. The van der Waals surface area contributed by atoms with E-state index in [1.54, 1.807) is 27.9 Å². The third-order valence-corrected chi connectivity index (χ3v) is 9.04. The molecule has 2 N–H and O–H groups in total. The largest absolute Gasteiger partial charge is 0.481 e. The molecule has 0 unspecified atom stereocenters. The molecule has 0 amide bonds. The Morgan fingerprint density at radius 1 is 1.17 bits per heavy atom. The number of aliphatic hydroxyl groups is 1. The van der Waals surface area contributed by atoms with Crippen LogP contribution in [-0.2, 0) is 33.3 Å². The lowest BCUT2D eigenvalue weighted by Crippen LogP contribution is -2.59. The minimum Gasteiger partial charge on any atom is -0.481 e. The number of hydrogen-bond donors (Lipinski definition) is 2. The highest BCUT2D eigenvalue weighted by Crippen LogP contribution is 2.38. The molecule has 9 atom stereocenters. The first kappa shape index (κ1) is 36.6. The number of carbonyl (C=O) groups is 3. The second-order valence-corrected chi connectivity index (χ2v) is 13.4. The zero-order valence-electron chi connectivity index (χ0n) is 27.4. The lowest BCUT2D eigenvalue weighted by Gasteiger charge is -2.47. The monoisotopic (exact) mass is 600 g/mol. The molecular formula is C31H56N2O9. The fraction of sp³-hybridized carbons (Fsp3) is 0.903. The van der Waals surface area contributed by atoms with Gasteiger partial charge in [-0.3, -0.25) is 19.3 Å². The standard InChI is InChI=1S/C31H56N2O9/c1-11-14-33-17-19(2)16-31(7,39-10)27(42-28-25(36)23(32(8)9)15-20(3)41-28)21(4)26(37)30(5,6)29(38)40-18-22(33)12-13-24(34)35/h19-23,25,27-28,36H,11-18H2,1-10H3,(H,34,35)/t19-,20-,21+,22-,23-,25-,27-,28-,31-/m1/s1. The zero-order valence-corrected chi connectivity index (χ0v) is 27.4. The average Bonchev–Trinajstić information content (AvgIpc) is 2.91. The smallest absolute Gasteiger partial charge is 0.319 e. The van der Waals surface area contributed by atoms with Crippen molar-refractivity contribution in [3.63, 3.8) is 0 Å². The van der Waals surface area contributed by atoms with E-state index in [0.29, 0.717) is 32.4 Å². The van der Waals surface area contributed by atoms with Gasteiger partial charge in [0.1, 0.15) is 18.1 Å². The lowest BCUT2D eigenvalue weighted by atomic mass is 9.74. The molecule has 0 radical (unpaired) electrons. The number of ketones is 1. The molecular weight excluding hydrogens is 544 g/mol. The second kappa shape index (κ2) is 15.4. The quantitative estimate of drug-likeness (QED) is 0.299. The number of hydrogen-bond acceptors (Lipinski definition) is 10. The first-order chi connectivity index (χ1) is 19.5. The number of rotatable bonds is 9. The summed E-state index contributed by atoms with van der Waals surface area (Å²) in [5, 5.41) is 20.6. The Bertz CT molecular complexity index is 913. The molecule has 11 nitrogen and oxygen atoms in total. The van der Waals surface area contributed by atoms with E-state index < -0.39 is 47.4 Å². The molecule has 42 heavy (non-hydrogen) atoms. The van der Waals surface area contributed by atoms with E-state index in [1.807, 2.05) is 32.8 Å². The van der Waals surface area contributed by atoms with Crippen LogP contribution in [0, 0.1) is 17.3 Å². The number of Topliss-reactive ketones (excluding diaryl/α,β-unsaturated/α-hetero) is 1. The normalized spacial score (nSPS) is 37.4. The Labute approximate surface area is 252 Å². The molecule has 0 aromatic rings. The second-order valence-electron chi connectivity index (χ2n) is 13.4. The number of carbonyl (C=O) groups excluding carboxylic acids is 2. The van der Waals surface area contributed by atoms with Crippen molar-refractivity contribution >= 4 is 17.7 Å². The molecule has 0 bridgehead atoms. The summed E-state index contributed by atoms with van der Waals surface area (Å²) < 4.78 is 24.6. The van der Waals surface area contributed by atoms with E-state index in [4.69, 9.17) is 18.9 Å². The van der Waals surface area contributed by atoms with Crippen LogP contribution >= 0.6 is 0 Å². The third-order valence-electron chi connectivity index (χ3n) is 9.04. The van der Waals surface area contributed by atoms with E-state index in [-0.39, 0.29) is 42.9 Å². The van der Waals surface area contributed by atoms with E-state index >= 15 is 0 Å². The van der Waals surface area contributed by atoms with Gasteiger partial charge in [-0.05, 0) is 79.9 Å². The molecule has 244 valence electrons. The Morgan fingerprint density at radius 3 is 2.36 bits per heavy atom. The molecule has 2 fully saturated rings. The Hall–Kier alpha value is -1.63. The Balaban J connectivity index is 2.56. The summed E-state index contributed by atoms with van der Waals surface area (Å²) in [5.41, 5.74) is -2.50. The number of ether oxygens (including phenoxy) is 4. The van der Waals surface area contributed by atoms with E-state index in [1.165, 1.54) is 0 Å². The van der Waals surface area contributed by atoms with E-state index in [0.717, 1.165) is 6.42 Å². The number of likely N-dealkylation sites (N-methyl/N-ethyl adjacent to an activating group) is 1. The summed E-state index contributed by atoms with van der Waals surface area (Å²) in [6.45, 7) is 14.1. The molecule has 0 spiro atoms. The maximum absolute atomic E-state index is 14.1. The highest BCUT2D eigenvalue weighted by Gasteiger charge is 2.51. The molecule has 0 aromatic heterocycles. The minimum absolute atomic E-state index is 0.00266. The van der Waals surface area contributed by atoms with Crippen LogP contribution in [0.15, 0.2) is 0 Å².